The van der Waals surface area contributed by atoms with Gasteiger partial charge in [-0.25, -0.2) is 0 Å². The highest BCUT2D eigenvalue weighted by atomic mass is 35.5. The fourth-order valence-corrected chi connectivity index (χ4v) is 1.94. The van der Waals surface area contributed by atoms with E-state index in [4.69, 9.17) is 16.3 Å². The van der Waals surface area contributed by atoms with Gasteiger partial charge in [-0.3, -0.25) is 10.4 Å². The van der Waals surface area contributed by atoms with Crippen LogP contribution in [0.15, 0.2) is 65.9 Å². The van der Waals surface area contributed by atoms with E-state index in [2.05, 4.69) is 25.7 Å². The van der Waals surface area contributed by atoms with E-state index in [9.17, 15) is 0 Å². The maximum Gasteiger partial charge on any atom is 0.168 e. The van der Waals surface area contributed by atoms with Crippen molar-refractivity contribution in [3.63, 3.8) is 0 Å². The number of pyridine rings is 1. The Bertz CT molecular complexity index is 791. The summed E-state index contributed by atoms with van der Waals surface area (Å²) in [7, 11) is 0. The van der Waals surface area contributed by atoms with Gasteiger partial charge in [0.05, 0.1) is 18.1 Å². The number of nitrogens with zero attached hydrogens (tertiary/aromatic N) is 4. The summed E-state index contributed by atoms with van der Waals surface area (Å²) in [6.45, 7) is 0.507. The van der Waals surface area contributed by atoms with E-state index in [0.717, 1.165) is 5.56 Å². The van der Waals surface area contributed by atoms with Crippen molar-refractivity contribution in [3.05, 3.63) is 77.2 Å². The molecule has 1 N–H and O–H groups in total. The van der Waals surface area contributed by atoms with Crippen LogP contribution in [0.25, 0.3) is 0 Å². The Hall–Kier alpha value is -2.99. The molecular formula is C17H14ClN5O. The van der Waals surface area contributed by atoms with E-state index in [1.807, 2.05) is 42.5 Å². The normalized spacial score (nSPS) is 10.7. The third-order valence-electron chi connectivity index (χ3n) is 3.02. The van der Waals surface area contributed by atoms with Crippen LogP contribution in [0.2, 0.25) is 5.15 Å². The van der Waals surface area contributed by atoms with Crippen molar-refractivity contribution in [1.82, 2.24) is 15.2 Å². The van der Waals surface area contributed by atoms with Gasteiger partial charge in [0.2, 0.25) is 0 Å². The molecule has 120 valence electrons. The molecule has 0 aliphatic heterocycles. The first-order valence-corrected chi connectivity index (χ1v) is 7.58. The molecule has 0 amide bonds. The largest absolute Gasteiger partial charge is 0.487 e. The van der Waals surface area contributed by atoms with E-state index in [-0.39, 0.29) is 0 Å². The quantitative estimate of drug-likeness (QED) is 0.549. The fourth-order valence-electron chi connectivity index (χ4n) is 1.83. The summed E-state index contributed by atoms with van der Waals surface area (Å²) in [6, 6.07) is 16.9. The molecule has 3 aromatic rings. The number of hydrogen-bond acceptors (Lipinski definition) is 6. The number of ether oxygens (including phenoxy) is 1. The predicted molar refractivity (Wildman–Crippen MR) is 93.3 cm³/mol. The summed E-state index contributed by atoms with van der Waals surface area (Å²) in [5.41, 5.74) is 4.55. The van der Waals surface area contributed by atoms with Crippen LogP contribution in [0.4, 0.5) is 5.82 Å². The molecule has 0 radical (unpaired) electrons. The van der Waals surface area contributed by atoms with Crippen molar-refractivity contribution in [1.29, 1.82) is 0 Å². The maximum absolute atomic E-state index is 5.68. The van der Waals surface area contributed by atoms with E-state index < -0.39 is 0 Å². The molecule has 0 fully saturated rings. The van der Waals surface area contributed by atoms with Crippen LogP contribution < -0.4 is 10.2 Å². The topological polar surface area (TPSA) is 72.3 Å². The van der Waals surface area contributed by atoms with Gasteiger partial charge in [0.25, 0.3) is 0 Å². The van der Waals surface area contributed by atoms with Crippen LogP contribution in [-0.4, -0.2) is 21.4 Å². The SMILES string of the molecule is Clc1ccc(N/N=C/c2ccc(OCc3ccccc3)cn2)nn1. The Morgan fingerprint density at radius 1 is 1.04 bits per heavy atom. The van der Waals surface area contributed by atoms with Crippen LogP contribution in [0.3, 0.4) is 0 Å². The molecule has 0 unspecified atom stereocenters. The number of anilines is 1. The summed E-state index contributed by atoms with van der Waals surface area (Å²) >= 11 is 5.66. The minimum absolute atomic E-state index is 0.331. The van der Waals surface area contributed by atoms with Gasteiger partial charge in [-0.2, -0.15) is 5.10 Å². The van der Waals surface area contributed by atoms with Crippen molar-refractivity contribution in [3.8, 4) is 5.75 Å². The Morgan fingerprint density at radius 3 is 2.62 bits per heavy atom. The molecule has 0 aliphatic carbocycles. The molecule has 0 bridgehead atoms. The van der Waals surface area contributed by atoms with Crippen molar-refractivity contribution in [2.45, 2.75) is 6.61 Å². The zero-order chi connectivity index (χ0) is 16.6. The highest BCUT2D eigenvalue weighted by Crippen LogP contribution is 2.11. The number of benzene rings is 1. The summed E-state index contributed by atoms with van der Waals surface area (Å²) in [5.74, 6) is 1.20. The summed E-state index contributed by atoms with van der Waals surface area (Å²) in [6.07, 6.45) is 3.24. The molecule has 2 aromatic heterocycles. The first kappa shape index (κ1) is 15.9. The highest BCUT2D eigenvalue weighted by Gasteiger charge is 1.97. The highest BCUT2D eigenvalue weighted by molar-refractivity contribution is 6.29. The van der Waals surface area contributed by atoms with Crippen molar-refractivity contribution in [2.24, 2.45) is 5.10 Å². The maximum atomic E-state index is 5.68. The predicted octanol–water partition coefficient (Wildman–Crippen LogP) is 3.55. The zero-order valence-electron chi connectivity index (χ0n) is 12.6. The molecular weight excluding hydrogens is 326 g/mol. The molecule has 6 nitrogen and oxygen atoms in total. The molecule has 0 spiro atoms. The second-order valence-electron chi connectivity index (χ2n) is 4.80. The molecule has 0 saturated heterocycles. The number of hydrogen-bond donors (Lipinski definition) is 1. The molecule has 0 aliphatic rings. The number of halogens is 1. The van der Waals surface area contributed by atoms with Crippen LogP contribution in [0, 0.1) is 0 Å². The van der Waals surface area contributed by atoms with Crippen molar-refractivity contribution >= 4 is 23.6 Å². The fraction of sp³-hybridized carbons (Fsp3) is 0.0588. The van der Waals surface area contributed by atoms with Gasteiger partial charge in [-0.05, 0) is 29.8 Å². The number of rotatable bonds is 6. The van der Waals surface area contributed by atoms with Crippen LogP contribution in [-0.2, 0) is 6.61 Å². The second-order valence-corrected chi connectivity index (χ2v) is 5.19. The Labute approximate surface area is 144 Å². The minimum atomic E-state index is 0.331. The van der Waals surface area contributed by atoms with Gasteiger partial charge < -0.3 is 4.74 Å². The standard InChI is InChI=1S/C17H14ClN5O/c18-16-8-9-17(23-21-16)22-20-10-14-6-7-15(11-19-14)24-12-13-4-2-1-3-5-13/h1-11H,12H2,(H,22,23)/b20-10+. The average Bonchev–Trinajstić information content (AvgIpc) is 2.64. The minimum Gasteiger partial charge on any atom is -0.487 e. The lowest BCUT2D eigenvalue weighted by atomic mass is 10.2. The molecule has 0 saturated carbocycles. The third kappa shape index (κ3) is 4.76. The smallest absolute Gasteiger partial charge is 0.168 e. The number of nitrogens with one attached hydrogen (secondary N) is 1. The van der Waals surface area contributed by atoms with E-state index >= 15 is 0 Å². The lowest BCUT2D eigenvalue weighted by Crippen LogP contribution is -1.98. The van der Waals surface area contributed by atoms with Crippen LogP contribution >= 0.6 is 11.6 Å². The van der Waals surface area contributed by atoms with Crippen molar-refractivity contribution in [2.75, 3.05) is 5.43 Å². The van der Waals surface area contributed by atoms with Gasteiger partial charge in [-0.1, -0.05) is 41.9 Å². The Kier molecular flexibility index (Phi) is 5.32. The molecule has 3 rings (SSSR count). The molecule has 24 heavy (non-hydrogen) atoms. The first-order valence-electron chi connectivity index (χ1n) is 7.21. The van der Waals surface area contributed by atoms with Crippen molar-refractivity contribution < 1.29 is 4.74 Å². The first-order chi connectivity index (χ1) is 11.8. The number of hydrazone groups is 1. The monoisotopic (exact) mass is 339 g/mol. The average molecular weight is 340 g/mol. The zero-order valence-corrected chi connectivity index (χ0v) is 13.4. The summed E-state index contributed by atoms with van der Waals surface area (Å²) in [5, 5.41) is 11.9. The van der Waals surface area contributed by atoms with Gasteiger partial charge in [0, 0.05) is 0 Å². The third-order valence-corrected chi connectivity index (χ3v) is 3.22. The molecule has 2 heterocycles. The van der Waals surface area contributed by atoms with Gasteiger partial charge in [-0.15, -0.1) is 10.2 Å². The lowest BCUT2D eigenvalue weighted by molar-refractivity contribution is 0.305. The van der Waals surface area contributed by atoms with Crippen LogP contribution in [0.5, 0.6) is 5.75 Å². The Balaban J connectivity index is 1.52. The molecule has 1 aromatic carbocycles. The molecule has 0 atom stereocenters. The van der Waals surface area contributed by atoms with Gasteiger partial charge >= 0.3 is 0 Å². The second kappa shape index (κ2) is 8.03. The van der Waals surface area contributed by atoms with E-state index in [1.165, 1.54) is 0 Å². The van der Waals surface area contributed by atoms with Crippen LogP contribution in [0.1, 0.15) is 11.3 Å². The van der Waals surface area contributed by atoms with E-state index in [1.54, 1.807) is 24.5 Å². The Morgan fingerprint density at radius 2 is 1.92 bits per heavy atom. The van der Waals surface area contributed by atoms with Gasteiger partial charge in [0.1, 0.15) is 12.4 Å². The summed E-state index contributed by atoms with van der Waals surface area (Å²) < 4.78 is 5.68. The van der Waals surface area contributed by atoms with E-state index in [0.29, 0.717) is 29.0 Å². The summed E-state index contributed by atoms with van der Waals surface area (Å²) in [4.78, 5) is 4.26. The lowest BCUT2D eigenvalue weighted by Gasteiger charge is -2.05. The molecule has 7 heteroatoms. The van der Waals surface area contributed by atoms with Gasteiger partial charge in [0.15, 0.2) is 11.0 Å². The number of aromatic nitrogens is 3.